The minimum absolute atomic E-state index is 0.970. The zero-order chi connectivity index (χ0) is 18.5. The molecule has 0 atom stereocenters. The highest BCUT2D eigenvalue weighted by molar-refractivity contribution is 5.73. The van der Waals surface area contributed by atoms with Crippen LogP contribution in [0.2, 0.25) is 0 Å². The van der Waals surface area contributed by atoms with Gasteiger partial charge in [-0.05, 0) is 78.6 Å². The summed E-state index contributed by atoms with van der Waals surface area (Å²) in [4.78, 5) is 8.92. The molecule has 4 rings (SSSR count). The summed E-state index contributed by atoms with van der Waals surface area (Å²) in [7, 11) is 0. The van der Waals surface area contributed by atoms with Gasteiger partial charge in [0.25, 0.3) is 0 Å². The van der Waals surface area contributed by atoms with Gasteiger partial charge in [-0.2, -0.15) is 0 Å². The van der Waals surface area contributed by atoms with E-state index in [1.807, 2.05) is 36.7 Å². The monoisotopic (exact) mass is 352 g/mol. The van der Waals surface area contributed by atoms with Crippen LogP contribution in [0.4, 0.5) is 0 Å². The second kappa shape index (κ2) is 8.13. The summed E-state index contributed by atoms with van der Waals surface area (Å²) >= 11 is 0. The van der Waals surface area contributed by atoms with Crippen LogP contribution < -0.4 is 0 Å². The second-order valence-corrected chi connectivity index (χ2v) is 7.05. The molecular formula is C25H24N2. The Balaban J connectivity index is 1.50. The van der Waals surface area contributed by atoms with Gasteiger partial charge in [-0.25, -0.2) is 0 Å². The van der Waals surface area contributed by atoms with Crippen molar-refractivity contribution in [1.82, 2.24) is 9.97 Å². The van der Waals surface area contributed by atoms with Crippen LogP contribution in [0.15, 0.2) is 54.9 Å². The molecular weight excluding hydrogens is 328 g/mol. The number of nitrogens with zero attached hydrogens (tertiary/aromatic N) is 2. The van der Waals surface area contributed by atoms with E-state index in [-0.39, 0.29) is 0 Å². The van der Waals surface area contributed by atoms with E-state index in [1.54, 1.807) is 0 Å². The van der Waals surface area contributed by atoms with Crippen molar-refractivity contribution in [3.63, 3.8) is 0 Å². The van der Waals surface area contributed by atoms with Crippen molar-refractivity contribution in [2.75, 3.05) is 0 Å². The van der Waals surface area contributed by atoms with E-state index in [0.717, 1.165) is 5.69 Å². The van der Waals surface area contributed by atoms with Crippen molar-refractivity contribution >= 4 is 24.3 Å². The van der Waals surface area contributed by atoms with E-state index < -0.39 is 0 Å². The molecule has 0 bridgehead atoms. The first-order chi connectivity index (χ1) is 13.3. The summed E-state index contributed by atoms with van der Waals surface area (Å²) in [5.41, 5.74) is 8.79. The third-order valence-corrected chi connectivity index (χ3v) is 5.18. The number of benzene rings is 1. The second-order valence-electron chi connectivity index (χ2n) is 7.05. The summed E-state index contributed by atoms with van der Waals surface area (Å²) in [5, 5.41) is 0. The summed E-state index contributed by atoms with van der Waals surface area (Å²) < 4.78 is 0. The number of aromatic nitrogens is 2. The number of aryl methyl sites for hydroxylation is 1. The fourth-order valence-corrected chi connectivity index (χ4v) is 3.65. The van der Waals surface area contributed by atoms with Crippen molar-refractivity contribution in [3.8, 4) is 0 Å². The highest BCUT2D eigenvalue weighted by atomic mass is 14.7. The first-order valence-electron chi connectivity index (χ1n) is 9.64. The molecule has 1 aliphatic carbocycles. The summed E-state index contributed by atoms with van der Waals surface area (Å²) in [5.74, 6) is 0. The molecule has 0 N–H and O–H groups in total. The predicted molar refractivity (Wildman–Crippen MR) is 114 cm³/mol. The molecule has 134 valence electrons. The van der Waals surface area contributed by atoms with E-state index in [0.29, 0.717) is 0 Å². The maximum absolute atomic E-state index is 4.61. The average molecular weight is 352 g/mol. The Hall–Kier alpha value is -3.00. The largest absolute Gasteiger partial charge is 0.261 e. The lowest BCUT2D eigenvalue weighted by Crippen LogP contribution is -2.08. The zero-order valence-electron chi connectivity index (χ0n) is 15.7. The maximum atomic E-state index is 4.61. The van der Waals surface area contributed by atoms with Crippen LogP contribution in [0.1, 0.15) is 52.0 Å². The molecule has 2 nitrogen and oxygen atoms in total. The van der Waals surface area contributed by atoms with Crippen molar-refractivity contribution in [2.24, 2.45) is 0 Å². The summed E-state index contributed by atoms with van der Waals surface area (Å²) in [6, 6.07) is 14.5. The van der Waals surface area contributed by atoms with E-state index in [9.17, 15) is 0 Å². The van der Waals surface area contributed by atoms with Gasteiger partial charge < -0.3 is 0 Å². The van der Waals surface area contributed by atoms with Crippen molar-refractivity contribution in [2.45, 2.75) is 32.6 Å². The molecule has 2 heteroatoms. The molecule has 0 saturated heterocycles. The predicted octanol–water partition coefficient (Wildman–Crippen LogP) is 6.00. The lowest BCUT2D eigenvalue weighted by molar-refractivity contribution is 0.676. The molecule has 0 aliphatic heterocycles. The van der Waals surface area contributed by atoms with Crippen molar-refractivity contribution in [1.29, 1.82) is 0 Å². The number of hydrogen-bond donors (Lipinski definition) is 0. The lowest BCUT2D eigenvalue weighted by Gasteiger charge is -2.19. The van der Waals surface area contributed by atoms with Crippen molar-refractivity contribution in [3.05, 3.63) is 94.1 Å². The molecule has 3 aromatic rings. The molecule has 1 aromatic carbocycles. The van der Waals surface area contributed by atoms with Gasteiger partial charge >= 0.3 is 0 Å². The Labute approximate surface area is 161 Å². The Bertz CT molecular complexity index is 967. The van der Waals surface area contributed by atoms with Crippen LogP contribution in [0.3, 0.4) is 0 Å². The van der Waals surface area contributed by atoms with Gasteiger partial charge in [-0.15, -0.1) is 0 Å². The van der Waals surface area contributed by atoms with Gasteiger partial charge in [0.05, 0.1) is 5.69 Å². The maximum Gasteiger partial charge on any atom is 0.0629 e. The fraction of sp³-hybridized carbons (Fsp3) is 0.200. The number of hydrogen-bond acceptors (Lipinski definition) is 2. The fourth-order valence-electron chi connectivity index (χ4n) is 3.65. The highest BCUT2D eigenvalue weighted by Crippen LogP contribution is 2.27. The van der Waals surface area contributed by atoms with Gasteiger partial charge in [0.15, 0.2) is 0 Å². The van der Waals surface area contributed by atoms with E-state index >= 15 is 0 Å². The summed E-state index contributed by atoms with van der Waals surface area (Å²) in [6.07, 6.45) is 17.3. The van der Waals surface area contributed by atoms with Crippen LogP contribution in [-0.2, 0) is 12.8 Å². The molecule has 0 fully saturated rings. The van der Waals surface area contributed by atoms with Gasteiger partial charge in [0.1, 0.15) is 0 Å². The number of pyridine rings is 2. The third kappa shape index (κ3) is 4.22. The first-order valence-corrected chi connectivity index (χ1v) is 9.64. The lowest BCUT2D eigenvalue weighted by atomic mass is 9.88. The van der Waals surface area contributed by atoms with Gasteiger partial charge in [0, 0.05) is 18.1 Å². The Morgan fingerprint density at radius 1 is 0.741 bits per heavy atom. The average Bonchev–Trinajstić information content (AvgIpc) is 2.73. The number of fused-ring (bicyclic) bond motifs is 1. The third-order valence-electron chi connectivity index (χ3n) is 5.18. The first kappa shape index (κ1) is 17.4. The number of rotatable bonds is 4. The minimum Gasteiger partial charge on any atom is -0.261 e. The Morgan fingerprint density at radius 3 is 2.15 bits per heavy atom. The quantitative estimate of drug-likeness (QED) is 0.575. The van der Waals surface area contributed by atoms with E-state index in [2.05, 4.69) is 59.4 Å². The highest BCUT2D eigenvalue weighted by Gasteiger charge is 2.14. The molecule has 0 unspecified atom stereocenters. The van der Waals surface area contributed by atoms with Crippen molar-refractivity contribution < 1.29 is 0 Å². The van der Waals surface area contributed by atoms with Crippen LogP contribution in [0.5, 0.6) is 0 Å². The van der Waals surface area contributed by atoms with Crippen LogP contribution >= 0.6 is 0 Å². The minimum atomic E-state index is 0.970. The molecule has 0 amide bonds. The van der Waals surface area contributed by atoms with Gasteiger partial charge in [-0.3, -0.25) is 9.97 Å². The SMILES string of the molecule is Cc1ncc(/C=C/c2ccc(/C=C/c3ccccn3)cc2)c2c1CCCC2. The van der Waals surface area contributed by atoms with E-state index in [1.165, 1.54) is 59.2 Å². The van der Waals surface area contributed by atoms with Crippen LogP contribution in [0, 0.1) is 6.92 Å². The molecule has 27 heavy (non-hydrogen) atoms. The summed E-state index contributed by atoms with van der Waals surface area (Å²) in [6.45, 7) is 2.13. The molecule has 0 saturated carbocycles. The Morgan fingerprint density at radius 2 is 1.44 bits per heavy atom. The molecule has 2 heterocycles. The normalized spacial score (nSPS) is 14.0. The molecule has 1 aliphatic rings. The topological polar surface area (TPSA) is 25.8 Å². The Kier molecular flexibility index (Phi) is 5.24. The van der Waals surface area contributed by atoms with E-state index in [4.69, 9.17) is 0 Å². The molecule has 0 radical (unpaired) electrons. The van der Waals surface area contributed by atoms with Gasteiger partial charge in [0.2, 0.25) is 0 Å². The smallest absolute Gasteiger partial charge is 0.0629 e. The van der Waals surface area contributed by atoms with Crippen LogP contribution in [-0.4, -0.2) is 9.97 Å². The molecule has 0 spiro atoms. The standard InChI is InChI=1S/C25H24N2/c1-19-24-7-2-3-8-25(24)22(18-27-19)15-13-20-9-11-21(12-10-20)14-16-23-6-4-5-17-26-23/h4-6,9-18H,2-3,7-8H2,1H3/b15-13+,16-14+. The van der Waals surface area contributed by atoms with Gasteiger partial charge in [-0.1, -0.05) is 48.6 Å². The zero-order valence-corrected chi connectivity index (χ0v) is 15.7. The van der Waals surface area contributed by atoms with Crippen LogP contribution in [0.25, 0.3) is 24.3 Å². The molecule has 2 aromatic heterocycles.